The van der Waals surface area contributed by atoms with Crippen molar-refractivity contribution in [3.05, 3.63) is 17.5 Å². The van der Waals surface area contributed by atoms with Crippen molar-refractivity contribution in [3.8, 4) is 0 Å². The third-order valence-electron chi connectivity index (χ3n) is 4.21. The molecule has 0 amide bonds. The van der Waals surface area contributed by atoms with E-state index in [2.05, 4.69) is 22.1 Å². The monoisotopic (exact) mass is 262 g/mol. The van der Waals surface area contributed by atoms with E-state index in [-0.39, 0.29) is 0 Å². The quantitative estimate of drug-likeness (QED) is 0.866. The number of ether oxygens (including phenoxy) is 1. The summed E-state index contributed by atoms with van der Waals surface area (Å²) < 4.78 is 5.46. The fraction of sp³-hybridized carbons (Fsp3) is 0.714. The highest BCUT2D eigenvalue weighted by Gasteiger charge is 2.27. The van der Waals surface area contributed by atoms with Crippen LogP contribution in [0.3, 0.4) is 0 Å². The van der Waals surface area contributed by atoms with E-state index in [1.165, 1.54) is 11.3 Å². The van der Waals surface area contributed by atoms with Crippen molar-refractivity contribution >= 4 is 5.95 Å². The average Bonchev–Trinajstić information content (AvgIpc) is 2.46. The lowest BCUT2D eigenvalue weighted by Gasteiger charge is -2.37. The molecule has 5 nitrogen and oxygen atoms in total. The second kappa shape index (κ2) is 5.43. The molecule has 0 bridgehead atoms. The minimum absolute atomic E-state index is 0.382. The van der Waals surface area contributed by atoms with Crippen LogP contribution in [-0.4, -0.2) is 42.3 Å². The Morgan fingerprint density at radius 1 is 1.47 bits per heavy atom. The van der Waals surface area contributed by atoms with E-state index in [0.29, 0.717) is 12.1 Å². The summed E-state index contributed by atoms with van der Waals surface area (Å²) in [6.07, 6.45) is 5.49. The number of hydrogen-bond acceptors (Lipinski definition) is 5. The molecular formula is C14H22N4O. The SMILES string of the molecule is CO[C@@H]1CCN(c2ncc3c(n2)CCNC3)[C@H](C)C1. The van der Waals surface area contributed by atoms with Crippen molar-refractivity contribution in [1.82, 2.24) is 15.3 Å². The molecule has 5 heteroatoms. The number of rotatable bonds is 2. The van der Waals surface area contributed by atoms with Gasteiger partial charge in [0.15, 0.2) is 0 Å². The van der Waals surface area contributed by atoms with Crippen molar-refractivity contribution in [2.24, 2.45) is 0 Å². The Morgan fingerprint density at radius 2 is 2.37 bits per heavy atom. The molecule has 1 aromatic heterocycles. The molecule has 1 aromatic rings. The Labute approximate surface area is 114 Å². The first-order valence-electron chi connectivity index (χ1n) is 7.13. The predicted molar refractivity (Wildman–Crippen MR) is 74.3 cm³/mol. The van der Waals surface area contributed by atoms with E-state index in [1.54, 1.807) is 7.11 Å². The van der Waals surface area contributed by atoms with E-state index >= 15 is 0 Å². The molecule has 1 saturated heterocycles. The van der Waals surface area contributed by atoms with Crippen LogP contribution < -0.4 is 10.2 Å². The Balaban J connectivity index is 1.78. The van der Waals surface area contributed by atoms with Crippen LogP contribution in [0.25, 0.3) is 0 Å². The van der Waals surface area contributed by atoms with Gasteiger partial charge in [0.2, 0.25) is 5.95 Å². The summed E-state index contributed by atoms with van der Waals surface area (Å²) in [4.78, 5) is 11.6. The van der Waals surface area contributed by atoms with E-state index in [4.69, 9.17) is 9.72 Å². The highest BCUT2D eigenvalue weighted by Crippen LogP contribution is 2.24. The van der Waals surface area contributed by atoms with Gasteiger partial charge < -0.3 is 15.0 Å². The zero-order chi connectivity index (χ0) is 13.2. The van der Waals surface area contributed by atoms with Gasteiger partial charge in [-0.05, 0) is 19.8 Å². The molecule has 0 aromatic carbocycles. The van der Waals surface area contributed by atoms with Gasteiger partial charge in [0.1, 0.15) is 0 Å². The van der Waals surface area contributed by atoms with Gasteiger partial charge in [-0.15, -0.1) is 0 Å². The van der Waals surface area contributed by atoms with Gasteiger partial charge in [0.05, 0.1) is 11.8 Å². The predicted octanol–water partition coefficient (Wildman–Crippen LogP) is 1.13. The lowest BCUT2D eigenvalue weighted by molar-refractivity contribution is 0.0717. The van der Waals surface area contributed by atoms with Gasteiger partial charge in [-0.25, -0.2) is 9.97 Å². The molecule has 1 N–H and O–H groups in total. The van der Waals surface area contributed by atoms with Gasteiger partial charge in [-0.2, -0.15) is 0 Å². The van der Waals surface area contributed by atoms with E-state index < -0.39 is 0 Å². The fourth-order valence-electron chi connectivity index (χ4n) is 3.00. The maximum Gasteiger partial charge on any atom is 0.225 e. The Kier molecular flexibility index (Phi) is 3.66. The number of anilines is 1. The van der Waals surface area contributed by atoms with Crippen LogP contribution in [-0.2, 0) is 17.7 Å². The summed E-state index contributed by atoms with van der Waals surface area (Å²) in [5.74, 6) is 0.891. The topological polar surface area (TPSA) is 50.3 Å². The zero-order valence-corrected chi connectivity index (χ0v) is 11.7. The van der Waals surface area contributed by atoms with Crippen molar-refractivity contribution in [2.75, 3.05) is 25.1 Å². The van der Waals surface area contributed by atoms with Gasteiger partial charge >= 0.3 is 0 Å². The lowest BCUT2D eigenvalue weighted by Crippen LogP contribution is -2.44. The molecular weight excluding hydrogens is 240 g/mol. The van der Waals surface area contributed by atoms with Gasteiger partial charge in [-0.1, -0.05) is 0 Å². The second-order valence-electron chi connectivity index (χ2n) is 5.49. The van der Waals surface area contributed by atoms with E-state index in [0.717, 1.165) is 44.8 Å². The summed E-state index contributed by atoms with van der Waals surface area (Å²) in [6.45, 7) is 5.13. The second-order valence-corrected chi connectivity index (χ2v) is 5.49. The normalized spacial score (nSPS) is 27.2. The van der Waals surface area contributed by atoms with Crippen LogP contribution in [0, 0.1) is 0 Å². The molecule has 0 spiro atoms. The summed E-state index contributed by atoms with van der Waals surface area (Å²) in [7, 11) is 1.80. The molecule has 0 aliphatic carbocycles. The fourth-order valence-corrected chi connectivity index (χ4v) is 3.00. The van der Waals surface area contributed by atoms with Crippen molar-refractivity contribution in [2.45, 2.75) is 44.9 Å². The van der Waals surface area contributed by atoms with Crippen LogP contribution in [0.5, 0.6) is 0 Å². The first-order chi connectivity index (χ1) is 9.28. The number of methoxy groups -OCH3 is 1. The molecule has 2 aliphatic heterocycles. The Hall–Kier alpha value is -1.20. The summed E-state index contributed by atoms with van der Waals surface area (Å²) in [6, 6.07) is 0.443. The first-order valence-corrected chi connectivity index (χ1v) is 7.13. The van der Waals surface area contributed by atoms with Crippen LogP contribution >= 0.6 is 0 Å². The molecule has 0 unspecified atom stereocenters. The number of nitrogens with one attached hydrogen (secondary N) is 1. The van der Waals surface area contributed by atoms with E-state index in [9.17, 15) is 0 Å². The molecule has 19 heavy (non-hydrogen) atoms. The number of aromatic nitrogens is 2. The molecule has 2 aliphatic rings. The maximum absolute atomic E-state index is 5.46. The van der Waals surface area contributed by atoms with Crippen molar-refractivity contribution < 1.29 is 4.74 Å². The Bertz CT molecular complexity index is 451. The van der Waals surface area contributed by atoms with Gasteiger partial charge in [0, 0.05) is 51.0 Å². The molecule has 2 atom stereocenters. The third kappa shape index (κ3) is 2.58. The summed E-state index contributed by atoms with van der Waals surface area (Å²) >= 11 is 0. The van der Waals surface area contributed by atoms with Crippen molar-refractivity contribution in [3.63, 3.8) is 0 Å². The van der Waals surface area contributed by atoms with Crippen molar-refractivity contribution in [1.29, 1.82) is 0 Å². The molecule has 1 fully saturated rings. The minimum atomic E-state index is 0.382. The molecule has 3 heterocycles. The average molecular weight is 262 g/mol. The number of nitrogens with zero attached hydrogens (tertiary/aromatic N) is 3. The van der Waals surface area contributed by atoms with Crippen LogP contribution in [0.15, 0.2) is 6.20 Å². The largest absolute Gasteiger partial charge is 0.381 e. The number of hydrogen-bond donors (Lipinski definition) is 1. The third-order valence-corrected chi connectivity index (χ3v) is 4.21. The molecule has 3 rings (SSSR count). The van der Waals surface area contributed by atoms with Crippen LogP contribution in [0.1, 0.15) is 31.0 Å². The van der Waals surface area contributed by atoms with Crippen LogP contribution in [0.4, 0.5) is 5.95 Å². The smallest absolute Gasteiger partial charge is 0.225 e. The summed E-state index contributed by atoms with van der Waals surface area (Å²) in [5.41, 5.74) is 2.46. The standard InChI is InChI=1S/C14H22N4O/c1-10-7-12(19-2)4-6-18(10)14-16-9-11-8-15-5-3-13(11)17-14/h9-10,12,15H,3-8H2,1-2H3/t10-,12-/m1/s1. The Morgan fingerprint density at radius 3 is 3.16 bits per heavy atom. The highest BCUT2D eigenvalue weighted by atomic mass is 16.5. The number of piperidine rings is 1. The summed E-state index contributed by atoms with van der Waals surface area (Å²) in [5, 5.41) is 3.35. The number of fused-ring (bicyclic) bond motifs is 1. The van der Waals surface area contributed by atoms with E-state index in [1.807, 2.05) is 6.20 Å². The first kappa shape index (κ1) is 12.8. The molecule has 104 valence electrons. The van der Waals surface area contributed by atoms with Crippen LogP contribution in [0.2, 0.25) is 0 Å². The highest BCUT2D eigenvalue weighted by molar-refractivity contribution is 5.36. The maximum atomic E-state index is 5.46. The molecule has 0 radical (unpaired) electrons. The molecule has 0 saturated carbocycles. The van der Waals surface area contributed by atoms with Gasteiger partial charge in [-0.3, -0.25) is 0 Å². The lowest BCUT2D eigenvalue weighted by atomic mass is 10.0. The minimum Gasteiger partial charge on any atom is -0.381 e. The van der Waals surface area contributed by atoms with Gasteiger partial charge in [0.25, 0.3) is 0 Å². The zero-order valence-electron chi connectivity index (χ0n) is 11.7.